The highest BCUT2D eigenvalue weighted by molar-refractivity contribution is 7.99. The van der Waals surface area contributed by atoms with Crippen LogP contribution < -0.4 is 5.32 Å². The summed E-state index contributed by atoms with van der Waals surface area (Å²) in [5.41, 5.74) is 0. The van der Waals surface area contributed by atoms with Gasteiger partial charge in [-0.3, -0.25) is 4.79 Å². The summed E-state index contributed by atoms with van der Waals surface area (Å²) < 4.78 is 0. The highest BCUT2D eigenvalue weighted by Crippen LogP contribution is 2.12. The van der Waals surface area contributed by atoms with Crippen LogP contribution in [0.5, 0.6) is 0 Å². The highest BCUT2D eigenvalue weighted by atomic mass is 32.2. The monoisotopic (exact) mass is 359 g/mol. The van der Waals surface area contributed by atoms with Crippen LogP contribution in [-0.2, 0) is 4.79 Å². The van der Waals surface area contributed by atoms with Crippen molar-refractivity contribution in [1.82, 2.24) is 5.32 Å². The lowest BCUT2D eigenvalue weighted by Gasteiger charge is -2.07. The average molecular weight is 360 g/mol. The van der Waals surface area contributed by atoms with Crippen molar-refractivity contribution in [3.63, 3.8) is 0 Å². The second kappa shape index (κ2) is 19.1. The highest BCUT2D eigenvalue weighted by Gasteiger charge is 2.02. The average Bonchev–Trinajstić information content (AvgIpc) is 2.56. The van der Waals surface area contributed by atoms with Crippen molar-refractivity contribution < 1.29 is 6.22 Å². The predicted molar refractivity (Wildman–Crippen MR) is 113 cm³/mol. The molecule has 0 fully saturated rings. The van der Waals surface area contributed by atoms with Gasteiger partial charge in [0.25, 0.3) is 0 Å². The van der Waals surface area contributed by atoms with E-state index in [0.717, 1.165) is 18.7 Å². The summed E-state index contributed by atoms with van der Waals surface area (Å²) >= 11 is 1.98. The smallest absolute Gasteiger partial charge is 0.220 e. The fourth-order valence-electron chi connectivity index (χ4n) is 2.74. The number of carbonyl (C=O) groups is 1. The zero-order valence-electron chi connectivity index (χ0n) is 16.7. The van der Waals surface area contributed by atoms with E-state index in [1.54, 1.807) is 0 Å². The maximum absolute atomic E-state index is 11.6. The van der Waals surface area contributed by atoms with E-state index in [4.69, 9.17) is 0 Å². The molecule has 0 aliphatic rings. The molecular formula is C21H45NOS. The Labute approximate surface area is 157 Å². The van der Waals surface area contributed by atoms with Crippen molar-refractivity contribution in [3.05, 3.63) is 0 Å². The summed E-state index contributed by atoms with van der Waals surface area (Å²) in [6, 6.07) is 0. The molecule has 0 aliphatic carbocycles. The third kappa shape index (κ3) is 19.9. The first-order chi connectivity index (χ1) is 11.7. The van der Waals surface area contributed by atoms with E-state index in [2.05, 4.69) is 26.1 Å². The van der Waals surface area contributed by atoms with E-state index < -0.39 is 0 Å². The van der Waals surface area contributed by atoms with E-state index in [-0.39, 0.29) is 7.33 Å². The van der Waals surface area contributed by atoms with Gasteiger partial charge in [0, 0.05) is 20.1 Å². The molecule has 0 saturated carbocycles. The zero-order valence-corrected chi connectivity index (χ0v) is 17.5. The number of amides is 1. The fourth-order valence-corrected chi connectivity index (χ4v) is 3.60. The quantitative estimate of drug-likeness (QED) is 0.272. The molecule has 0 bridgehead atoms. The summed E-state index contributed by atoms with van der Waals surface area (Å²) in [5.74, 6) is 3.15. The summed E-state index contributed by atoms with van der Waals surface area (Å²) in [6.07, 6.45) is 17.2. The van der Waals surface area contributed by atoms with Gasteiger partial charge in [-0.25, -0.2) is 0 Å². The molecule has 0 aromatic carbocycles. The molecule has 0 aromatic rings. The Morgan fingerprint density at radius 3 is 1.96 bits per heavy atom. The zero-order chi connectivity index (χ0) is 17.9. The molecule has 146 valence electrons. The maximum Gasteiger partial charge on any atom is 0.220 e. The topological polar surface area (TPSA) is 29.1 Å². The van der Waals surface area contributed by atoms with Crippen molar-refractivity contribution in [3.8, 4) is 0 Å². The fraction of sp³-hybridized carbons (Fsp3) is 0.952. The van der Waals surface area contributed by atoms with Gasteiger partial charge in [-0.2, -0.15) is 11.8 Å². The second-order valence-electron chi connectivity index (χ2n) is 7.43. The molecule has 2 nitrogen and oxygen atoms in total. The van der Waals surface area contributed by atoms with Gasteiger partial charge in [-0.1, -0.05) is 85.0 Å². The van der Waals surface area contributed by atoms with Crippen LogP contribution in [0.3, 0.4) is 0 Å². The molecule has 0 saturated heterocycles. The van der Waals surface area contributed by atoms with E-state index >= 15 is 0 Å². The molecule has 1 amide bonds. The van der Waals surface area contributed by atoms with Crippen LogP contribution in [0, 0.1) is 5.92 Å². The minimum atomic E-state index is 0. The van der Waals surface area contributed by atoms with Crippen molar-refractivity contribution in [2.45, 2.75) is 104 Å². The maximum atomic E-state index is 11.6. The lowest BCUT2D eigenvalue weighted by Crippen LogP contribution is -2.25. The van der Waals surface area contributed by atoms with Gasteiger partial charge >= 0.3 is 0 Å². The van der Waals surface area contributed by atoms with Gasteiger partial charge in [-0.15, -0.1) is 0 Å². The van der Waals surface area contributed by atoms with Gasteiger partial charge in [0.2, 0.25) is 5.91 Å². The molecule has 0 radical (unpaired) electrons. The van der Waals surface area contributed by atoms with Crippen molar-refractivity contribution in [1.29, 1.82) is 0 Å². The molecular weight excluding hydrogens is 314 g/mol. The minimum Gasteiger partial charge on any atom is -0.355 e. The van der Waals surface area contributed by atoms with Gasteiger partial charge in [0.1, 0.15) is 0 Å². The molecule has 0 aromatic heterocycles. The van der Waals surface area contributed by atoms with Crippen LogP contribution in [0.2, 0.25) is 0 Å². The first-order valence-corrected chi connectivity index (χ1v) is 11.7. The molecule has 0 spiro atoms. The number of unbranched alkanes of at least 4 members (excludes halogenated alkanes) is 10. The van der Waals surface area contributed by atoms with Gasteiger partial charge in [0.05, 0.1) is 0 Å². The lowest BCUT2D eigenvalue weighted by atomic mass is 10.1. The van der Waals surface area contributed by atoms with Crippen LogP contribution >= 0.6 is 11.8 Å². The SMILES string of the molecule is CCCCCCCCCCCCCSCCNC(=O)CCC(C)C.[HH]. The number of rotatable bonds is 18. The Hall–Kier alpha value is -0.180. The van der Waals surface area contributed by atoms with Crippen LogP contribution in [-0.4, -0.2) is 24.0 Å². The Kier molecular flexibility index (Phi) is 19.0. The Bertz CT molecular complexity index is 275. The number of hydrogen-bond acceptors (Lipinski definition) is 2. The van der Waals surface area contributed by atoms with E-state index in [1.807, 2.05) is 11.8 Å². The Morgan fingerprint density at radius 1 is 0.875 bits per heavy atom. The Balaban J connectivity index is 0. The van der Waals surface area contributed by atoms with Crippen molar-refractivity contribution >= 4 is 17.7 Å². The van der Waals surface area contributed by atoms with Gasteiger partial charge < -0.3 is 5.32 Å². The summed E-state index contributed by atoms with van der Waals surface area (Å²) in [6.45, 7) is 7.44. The molecule has 3 heteroatoms. The molecule has 0 atom stereocenters. The second-order valence-corrected chi connectivity index (χ2v) is 8.66. The first-order valence-electron chi connectivity index (χ1n) is 10.5. The van der Waals surface area contributed by atoms with Gasteiger partial charge in [-0.05, 0) is 24.5 Å². The van der Waals surface area contributed by atoms with Crippen LogP contribution in [0.4, 0.5) is 0 Å². The lowest BCUT2D eigenvalue weighted by molar-refractivity contribution is -0.121. The summed E-state index contributed by atoms with van der Waals surface area (Å²) in [7, 11) is 0. The van der Waals surface area contributed by atoms with E-state index in [9.17, 15) is 4.79 Å². The van der Waals surface area contributed by atoms with Crippen molar-refractivity contribution in [2.24, 2.45) is 5.92 Å². The van der Waals surface area contributed by atoms with E-state index in [1.165, 1.54) is 76.4 Å². The van der Waals surface area contributed by atoms with Crippen molar-refractivity contribution in [2.75, 3.05) is 18.1 Å². The molecule has 0 aliphatic heterocycles. The minimum absolute atomic E-state index is 0. The third-order valence-corrected chi connectivity index (χ3v) is 5.48. The Morgan fingerprint density at radius 2 is 1.42 bits per heavy atom. The summed E-state index contributed by atoms with van der Waals surface area (Å²) in [4.78, 5) is 11.6. The number of nitrogens with one attached hydrogen (secondary N) is 1. The molecule has 24 heavy (non-hydrogen) atoms. The molecule has 0 unspecified atom stereocenters. The molecule has 1 N–H and O–H groups in total. The third-order valence-electron chi connectivity index (χ3n) is 4.41. The largest absolute Gasteiger partial charge is 0.355 e. The van der Waals surface area contributed by atoms with Crippen LogP contribution in [0.1, 0.15) is 106 Å². The van der Waals surface area contributed by atoms with Crippen LogP contribution in [0.15, 0.2) is 0 Å². The molecule has 0 heterocycles. The standard InChI is InChI=1S/C21H43NOS.H2/c1-4-5-6-7-8-9-10-11-12-13-14-18-24-19-17-22-21(23)16-15-20(2)3;/h20H,4-19H2,1-3H3,(H,22,23);1H. The first kappa shape index (κ1) is 23.8. The number of carbonyl (C=O) groups excluding carboxylic acids is 1. The number of hydrogen-bond donors (Lipinski definition) is 1. The predicted octanol–water partition coefficient (Wildman–Crippen LogP) is 6.83. The summed E-state index contributed by atoms with van der Waals surface area (Å²) in [5, 5.41) is 3.02. The molecule has 0 rings (SSSR count). The van der Waals surface area contributed by atoms with E-state index in [0.29, 0.717) is 12.3 Å². The van der Waals surface area contributed by atoms with Crippen LogP contribution in [0.25, 0.3) is 0 Å². The number of thioether (sulfide) groups is 1. The van der Waals surface area contributed by atoms with Gasteiger partial charge in [0.15, 0.2) is 0 Å². The normalized spacial score (nSPS) is 11.2.